The molecule has 1 aromatic carbocycles. The number of hydrogen-bond acceptors (Lipinski definition) is 2. The van der Waals surface area contributed by atoms with Crippen molar-refractivity contribution in [2.75, 3.05) is 19.6 Å². The number of rotatable bonds is 2. The fourth-order valence-electron chi connectivity index (χ4n) is 3.86. The van der Waals surface area contributed by atoms with E-state index in [1.807, 2.05) is 6.92 Å². The molecule has 0 spiro atoms. The van der Waals surface area contributed by atoms with Crippen LogP contribution in [-0.2, 0) is 6.42 Å². The van der Waals surface area contributed by atoms with Crippen molar-refractivity contribution in [2.24, 2.45) is 0 Å². The molecule has 2 nitrogen and oxygen atoms in total. The van der Waals surface area contributed by atoms with E-state index in [0.717, 1.165) is 32.4 Å². The van der Waals surface area contributed by atoms with E-state index in [1.165, 1.54) is 25.8 Å². The molecule has 110 valence electrons. The zero-order valence-corrected chi connectivity index (χ0v) is 12.6. The Kier molecular flexibility index (Phi) is 4.13. The summed E-state index contributed by atoms with van der Waals surface area (Å²) in [6, 6.07) is 8.98. The van der Waals surface area contributed by atoms with Crippen LogP contribution in [-0.4, -0.2) is 35.2 Å². The minimum atomic E-state index is -0.445. The fraction of sp³-hybridized carbons (Fsp3) is 0.667. The Morgan fingerprint density at radius 1 is 1.20 bits per heavy atom. The molecule has 0 aromatic heterocycles. The molecule has 0 amide bonds. The number of benzene rings is 1. The Balaban J connectivity index is 1.67. The number of nitrogens with zero attached hydrogens (tertiary/aromatic N) is 1. The van der Waals surface area contributed by atoms with Gasteiger partial charge in [0, 0.05) is 13.1 Å². The molecule has 2 heteroatoms. The first-order chi connectivity index (χ1) is 9.64. The van der Waals surface area contributed by atoms with Crippen LogP contribution in [0.3, 0.4) is 0 Å². The summed E-state index contributed by atoms with van der Waals surface area (Å²) in [4.78, 5) is 2.58. The monoisotopic (exact) mass is 273 g/mol. The van der Waals surface area contributed by atoms with Gasteiger partial charge in [0.05, 0.1) is 5.60 Å². The van der Waals surface area contributed by atoms with E-state index in [1.54, 1.807) is 11.1 Å². The molecule has 2 unspecified atom stereocenters. The summed E-state index contributed by atoms with van der Waals surface area (Å²) >= 11 is 0. The third-order valence-corrected chi connectivity index (χ3v) is 5.13. The van der Waals surface area contributed by atoms with Gasteiger partial charge in [-0.25, -0.2) is 0 Å². The first-order valence-electron chi connectivity index (χ1n) is 8.17. The Bertz CT molecular complexity index is 454. The lowest BCUT2D eigenvalue weighted by atomic mass is 9.82. The van der Waals surface area contributed by atoms with Gasteiger partial charge in [0.2, 0.25) is 0 Å². The van der Waals surface area contributed by atoms with E-state index >= 15 is 0 Å². The second-order valence-electron chi connectivity index (χ2n) is 6.94. The van der Waals surface area contributed by atoms with E-state index in [4.69, 9.17) is 0 Å². The number of fused-ring (bicyclic) bond motifs is 1. The van der Waals surface area contributed by atoms with Crippen LogP contribution in [0.25, 0.3) is 0 Å². The van der Waals surface area contributed by atoms with Gasteiger partial charge in [-0.1, -0.05) is 24.3 Å². The summed E-state index contributed by atoms with van der Waals surface area (Å²) in [7, 11) is 0. The van der Waals surface area contributed by atoms with Crippen LogP contribution in [0.1, 0.15) is 56.1 Å². The molecule has 0 saturated carbocycles. The van der Waals surface area contributed by atoms with E-state index in [9.17, 15) is 5.11 Å². The summed E-state index contributed by atoms with van der Waals surface area (Å²) in [6.45, 7) is 5.36. The van der Waals surface area contributed by atoms with Crippen molar-refractivity contribution < 1.29 is 5.11 Å². The average molecular weight is 273 g/mol. The average Bonchev–Trinajstić information content (AvgIpc) is 2.61. The van der Waals surface area contributed by atoms with Crippen LogP contribution in [0.15, 0.2) is 24.3 Å². The Labute approximate surface area is 122 Å². The van der Waals surface area contributed by atoms with E-state index in [0.29, 0.717) is 5.92 Å². The molecular formula is C18H27NO. The van der Waals surface area contributed by atoms with Crippen LogP contribution < -0.4 is 0 Å². The number of likely N-dealkylation sites (tertiary alicyclic amines) is 1. The minimum absolute atomic E-state index is 0.445. The maximum absolute atomic E-state index is 10.2. The zero-order valence-electron chi connectivity index (χ0n) is 12.6. The fourth-order valence-corrected chi connectivity index (χ4v) is 3.86. The first-order valence-corrected chi connectivity index (χ1v) is 8.17. The van der Waals surface area contributed by atoms with Gasteiger partial charge in [0.15, 0.2) is 0 Å². The third-order valence-electron chi connectivity index (χ3n) is 5.13. The van der Waals surface area contributed by atoms with Crippen LogP contribution in [0, 0.1) is 0 Å². The molecule has 1 fully saturated rings. The lowest BCUT2D eigenvalue weighted by Crippen LogP contribution is -2.32. The molecule has 1 N–H and O–H groups in total. The van der Waals surface area contributed by atoms with E-state index < -0.39 is 5.60 Å². The summed E-state index contributed by atoms with van der Waals surface area (Å²) in [5, 5.41) is 10.2. The second kappa shape index (κ2) is 5.87. The smallest absolute Gasteiger partial charge is 0.0632 e. The predicted molar refractivity (Wildman–Crippen MR) is 83.0 cm³/mol. The maximum Gasteiger partial charge on any atom is 0.0632 e. The van der Waals surface area contributed by atoms with Crippen LogP contribution >= 0.6 is 0 Å². The topological polar surface area (TPSA) is 23.5 Å². The van der Waals surface area contributed by atoms with Crippen molar-refractivity contribution in [1.82, 2.24) is 4.90 Å². The highest BCUT2D eigenvalue weighted by molar-refractivity contribution is 5.32. The van der Waals surface area contributed by atoms with Crippen molar-refractivity contribution in [3.63, 3.8) is 0 Å². The molecule has 0 bridgehead atoms. The molecule has 3 rings (SSSR count). The van der Waals surface area contributed by atoms with Crippen molar-refractivity contribution >= 4 is 0 Å². The Hall–Kier alpha value is -0.860. The number of aryl methyl sites for hydroxylation is 1. The van der Waals surface area contributed by atoms with Gasteiger partial charge in [-0.3, -0.25) is 0 Å². The van der Waals surface area contributed by atoms with Crippen LogP contribution in [0.5, 0.6) is 0 Å². The van der Waals surface area contributed by atoms with Crippen molar-refractivity contribution in [2.45, 2.75) is 57.0 Å². The molecule has 0 radical (unpaired) electrons. The van der Waals surface area contributed by atoms with E-state index in [-0.39, 0.29) is 0 Å². The number of aliphatic hydroxyl groups is 1. The molecule has 1 heterocycles. The quantitative estimate of drug-likeness (QED) is 0.893. The molecule has 20 heavy (non-hydrogen) atoms. The SMILES string of the molecule is CC1(O)CCCN(CC2CCCc3ccccc32)CC1. The van der Waals surface area contributed by atoms with Gasteiger partial charge in [0.25, 0.3) is 0 Å². The van der Waals surface area contributed by atoms with Crippen molar-refractivity contribution in [1.29, 1.82) is 0 Å². The number of hydrogen-bond donors (Lipinski definition) is 1. The highest BCUT2D eigenvalue weighted by Crippen LogP contribution is 2.33. The highest BCUT2D eigenvalue weighted by atomic mass is 16.3. The largest absolute Gasteiger partial charge is 0.390 e. The zero-order chi connectivity index (χ0) is 14.0. The van der Waals surface area contributed by atoms with Crippen LogP contribution in [0.4, 0.5) is 0 Å². The minimum Gasteiger partial charge on any atom is -0.390 e. The molecular weight excluding hydrogens is 246 g/mol. The summed E-state index contributed by atoms with van der Waals surface area (Å²) in [6.07, 6.45) is 6.89. The molecule has 1 aliphatic heterocycles. The Morgan fingerprint density at radius 2 is 2.05 bits per heavy atom. The molecule has 1 aliphatic carbocycles. The summed E-state index contributed by atoms with van der Waals surface area (Å²) < 4.78 is 0. The van der Waals surface area contributed by atoms with Gasteiger partial charge in [0.1, 0.15) is 0 Å². The van der Waals surface area contributed by atoms with Crippen LogP contribution in [0.2, 0.25) is 0 Å². The molecule has 1 aromatic rings. The standard InChI is InChI=1S/C18H27NO/c1-18(20)10-5-12-19(13-11-18)14-16-8-4-7-15-6-2-3-9-17(15)16/h2-3,6,9,16,20H,4-5,7-8,10-14H2,1H3. The molecule has 2 atom stereocenters. The van der Waals surface area contributed by atoms with Gasteiger partial charge in [-0.05, 0) is 69.0 Å². The Morgan fingerprint density at radius 3 is 2.95 bits per heavy atom. The predicted octanol–water partition coefficient (Wildman–Crippen LogP) is 3.34. The lowest BCUT2D eigenvalue weighted by Gasteiger charge is -2.31. The van der Waals surface area contributed by atoms with Gasteiger partial charge in [-0.15, -0.1) is 0 Å². The molecule has 1 saturated heterocycles. The lowest BCUT2D eigenvalue weighted by molar-refractivity contribution is 0.0444. The second-order valence-corrected chi connectivity index (χ2v) is 6.94. The third kappa shape index (κ3) is 3.24. The van der Waals surface area contributed by atoms with Gasteiger partial charge >= 0.3 is 0 Å². The van der Waals surface area contributed by atoms with Gasteiger partial charge < -0.3 is 10.0 Å². The van der Waals surface area contributed by atoms with Gasteiger partial charge in [-0.2, -0.15) is 0 Å². The van der Waals surface area contributed by atoms with Crippen molar-refractivity contribution in [3.8, 4) is 0 Å². The molecule has 2 aliphatic rings. The highest BCUT2D eigenvalue weighted by Gasteiger charge is 2.27. The summed E-state index contributed by atoms with van der Waals surface area (Å²) in [5.74, 6) is 0.697. The maximum atomic E-state index is 10.2. The van der Waals surface area contributed by atoms with E-state index in [2.05, 4.69) is 29.2 Å². The first kappa shape index (κ1) is 14.1. The normalized spacial score (nSPS) is 31.6. The van der Waals surface area contributed by atoms with Crippen molar-refractivity contribution in [3.05, 3.63) is 35.4 Å². The summed E-state index contributed by atoms with van der Waals surface area (Å²) in [5.41, 5.74) is 2.69.